The Morgan fingerprint density at radius 3 is 2.74 bits per heavy atom. The van der Waals surface area contributed by atoms with Crippen molar-refractivity contribution in [1.82, 2.24) is 19.6 Å². The molecular weight excluding hydrogens is 264 g/mol. The van der Waals surface area contributed by atoms with E-state index in [1.165, 1.54) is 18.9 Å². The van der Waals surface area contributed by atoms with Crippen molar-refractivity contribution in [2.75, 3.05) is 19.6 Å². The maximum Gasteiger partial charge on any atom is 0.260 e. The van der Waals surface area contributed by atoms with Crippen LogP contribution in [0.25, 0.3) is 0 Å². The molecule has 7 heteroatoms. The Labute approximate surface area is 113 Å². The van der Waals surface area contributed by atoms with E-state index in [4.69, 9.17) is 0 Å². The average Bonchev–Trinajstić information content (AvgIpc) is 2.94. The van der Waals surface area contributed by atoms with Crippen molar-refractivity contribution in [2.24, 2.45) is 0 Å². The Hall–Kier alpha value is -0.920. The van der Waals surface area contributed by atoms with E-state index in [1.807, 2.05) is 0 Å². The van der Waals surface area contributed by atoms with Gasteiger partial charge in [-0.05, 0) is 12.8 Å². The van der Waals surface area contributed by atoms with Crippen molar-refractivity contribution in [3.05, 3.63) is 12.5 Å². The van der Waals surface area contributed by atoms with Gasteiger partial charge in [-0.25, -0.2) is 13.4 Å². The predicted octanol–water partition coefficient (Wildman–Crippen LogP) is 0.706. The molecule has 0 atom stereocenters. The normalized spacial score (nSPS) is 24.6. The van der Waals surface area contributed by atoms with E-state index in [0.29, 0.717) is 6.54 Å². The van der Waals surface area contributed by atoms with Crippen molar-refractivity contribution in [3.63, 3.8) is 0 Å². The van der Waals surface area contributed by atoms with Crippen LogP contribution >= 0.6 is 0 Å². The number of imidazole rings is 1. The fourth-order valence-corrected chi connectivity index (χ4v) is 5.06. The number of rotatable bonds is 2. The maximum absolute atomic E-state index is 12.7. The van der Waals surface area contributed by atoms with Crippen molar-refractivity contribution >= 4 is 10.0 Å². The number of piperazine rings is 1. The monoisotopic (exact) mass is 284 g/mol. The van der Waals surface area contributed by atoms with E-state index in [9.17, 15) is 8.42 Å². The van der Waals surface area contributed by atoms with Crippen LogP contribution in [-0.4, -0.2) is 47.9 Å². The van der Waals surface area contributed by atoms with Crippen LogP contribution in [0.1, 0.15) is 32.1 Å². The Morgan fingerprint density at radius 1 is 1.26 bits per heavy atom. The van der Waals surface area contributed by atoms with E-state index in [2.05, 4.69) is 15.3 Å². The average molecular weight is 284 g/mol. The van der Waals surface area contributed by atoms with Gasteiger partial charge in [-0.3, -0.25) is 0 Å². The van der Waals surface area contributed by atoms with Crippen LogP contribution in [0, 0.1) is 0 Å². The van der Waals surface area contributed by atoms with Crippen LogP contribution in [0.4, 0.5) is 0 Å². The fraction of sp³-hybridized carbons (Fsp3) is 0.750. The van der Waals surface area contributed by atoms with E-state index in [0.717, 1.165) is 38.8 Å². The quantitative estimate of drug-likeness (QED) is 0.838. The zero-order valence-corrected chi connectivity index (χ0v) is 11.7. The van der Waals surface area contributed by atoms with Gasteiger partial charge in [0.05, 0.1) is 12.5 Å². The number of hydrogen-bond acceptors (Lipinski definition) is 4. The number of H-pyrrole nitrogens is 1. The maximum atomic E-state index is 12.7. The highest BCUT2D eigenvalue weighted by Crippen LogP contribution is 2.37. The molecule has 0 unspecified atom stereocenters. The molecule has 1 saturated carbocycles. The van der Waals surface area contributed by atoms with E-state index < -0.39 is 10.0 Å². The molecule has 1 spiro atoms. The van der Waals surface area contributed by atoms with Crippen molar-refractivity contribution in [1.29, 1.82) is 0 Å². The second kappa shape index (κ2) is 4.88. The molecule has 6 nitrogen and oxygen atoms in total. The molecule has 2 fully saturated rings. The predicted molar refractivity (Wildman–Crippen MR) is 71.2 cm³/mol. The molecule has 0 radical (unpaired) electrons. The van der Waals surface area contributed by atoms with Crippen LogP contribution in [-0.2, 0) is 10.0 Å². The summed E-state index contributed by atoms with van der Waals surface area (Å²) in [7, 11) is -3.45. The van der Waals surface area contributed by atoms with Gasteiger partial charge in [0, 0.05) is 25.2 Å². The van der Waals surface area contributed by atoms with Gasteiger partial charge in [0.25, 0.3) is 10.0 Å². The first-order chi connectivity index (χ1) is 9.15. The molecule has 3 rings (SSSR count). The van der Waals surface area contributed by atoms with Gasteiger partial charge in [-0.15, -0.1) is 0 Å². The van der Waals surface area contributed by atoms with Crippen LogP contribution < -0.4 is 5.32 Å². The van der Waals surface area contributed by atoms with E-state index in [1.54, 1.807) is 4.31 Å². The lowest BCUT2D eigenvalue weighted by molar-refractivity contribution is 0.101. The molecule has 1 saturated heterocycles. The molecule has 2 heterocycles. The van der Waals surface area contributed by atoms with Crippen molar-refractivity contribution in [3.8, 4) is 0 Å². The van der Waals surface area contributed by atoms with Crippen LogP contribution in [0.2, 0.25) is 0 Å². The molecule has 2 aliphatic rings. The second-order valence-corrected chi connectivity index (χ2v) is 7.29. The smallest absolute Gasteiger partial charge is 0.260 e. The Kier molecular flexibility index (Phi) is 3.36. The van der Waals surface area contributed by atoms with E-state index >= 15 is 0 Å². The van der Waals surface area contributed by atoms with Crippen molar-refractivity contribution < 1.29 is 8.42 Å². The summed E-state index contributed by atoms with van der Waals surface area (Å²) in [5, 5.41) is 3.57. The summed E-state index contributed by atoms with van der Waals surface area (Å²) in [6.07, 6.45) is 8.14. The minimum Gasteiger partial charge on any atom is -0.335 e. The first-order valence-corrected chi connectivity index (χ1v) is 8.31. The zero-order chi connectivity index (χ0) is 13.3. The minimum atomic E-state index is -3.45. The Bertz CT molecular complexity index is 512. The first kappa shape index (κ1) is 13.1. The van der Waals surface area contributed by atoms with Crippen LogP contribution in [0.3, 0.4) is 0 Å². The second-order valence-electron chi connectivity index (χ2n) is 5.45. The van der Waals surface area contributed by atoms with Gasteiger partial charge in [0.15, 0.2) is 5.03 Å². The molecule has 106 valence electrons. The largest absolute Gasteiger partial charge is 0.335 e. The standard InChI is InChI=1S/C12H20N4O2S/c17-19(18,11-8-14-10-15-11)16-7-6-13-9-12(16)4-2-1-3-5-12/h8,10,13H,1-7,9H2,(H,14,15). The van der Waals surface area contributed by atoms with Crippen molar-refractivity contribution in [2.45, 2.75) is 42.7 Å². The SMILES string of the molecule is O=S(=O)(c1cnc[nH]1)N1CCNCC12CCCCC2. The number of sulfonamides is 1. The third-order valence-electron chi connectivity index (χ3n) is 4.30. The molecule has 1 aromatic heterocycles. The third kappa shape index (κ3) is 2.19. The lowest BCUT2D eigenvalue weighted by Crippen LogP contribution is -2.63. The molecule has 19 heavy (non-hydrogen) atoms. The number of hydrogen-bond donors (Lipinski definition) is 2. The molecule has 0 aromatic carbocycles. The number of nitrogens with zero attached hydrogens (tertiary/aromatic N) is 2. The van der Waals surface area contributed by atoms with Gasteiger partial charge in [-0.1, -0.05) is 19.3 Å². The van der Waals surface area contributed by atoms with Crippen LogP contribution in [0.15, 0.2) is 17.6 Å². The Balaban J connectivity index is 1.96. The lowest BCUT2D eigenvalue weighted by atomic mass is 9.80. The van der Waals surface area contributed by atoms with Gasteiger partial charge in [0.2, 0.25) is 0 Å². The van der Waals surface area contributed by atoms with Crippen LogP contribution in [0.5, 0.6) is 0 Å². The summed E-state index contributed by atoms with van der Waals surface area (Å²) in [4.78, 5) is 6.58. The third-order valence-corrected chi connectivity index (χ3v) is 6.23. The first-order valence-electron chi connectivity index (χ1n) is 6.87. The summed E-state index contributed by atoms with van der Waals surface area (Å²) >= 11 is 0. The highest BCUT2D eigenvalue weighted by molar-refractivity contribution is 7.89. The molecule has 1 aliphatic heterocycles. The van der Waals surface area contributed by atoms with Gasteiger partial charge in [-0.2, -0.15) is 4.31 Å². The number of aromatic amines is 1. The molecule has 1 aliphatic carbocycles. The van der Waals surface area contributed by atoms with Gasteiger partial charge >= 0.3 is 0 Å². The molecule has 0 amide bonds. The summed E-state index contributed by atoms with van der Waals surface area (Å²) in [5.41, 5.74) is -0.236. The summed E-state index contributed by atoms with van der Waals surface area (Å²) in [5.74, 6) is 0. The highest BCUT2D eigenvalue weighted by Gasteiger charge is 2.46. The minimum absolute atomic E-state index is 0.208. The summed E-state index contributed by atoms with van der Waals surface area (Å²) < 4.78 is 27.2. The Morgan fingerprint density at radius 2 is 2.05 bits per heavy atom. The van der Waals surface area contributed by atoms with Gasteiger partial charge < -0.3 is 10.3 Å². The lowest BCUT2D eigenvalue weighted by Gasteiger charge is -2.48. The molecular formula is C12H20N4O2S. The topological polar surface area (TPSA) is 78.1 Å². The summed E-state index contributed by atoms with van der Waals surface area (Å²) in [6.45, 7) is 2.02. The molecule has 0 bridgehead atoms. The zero-order valence-electron chi connectivity index (χ0n) is 10.9. The van der Waals surface area contributed by atoms with E-state index in [-0.39, 0.29) is 10.6 Å². The highest BCUT2D eigenvalue weighted by atomic mass is 32.2. The number of nitrogens with one attached hydrogen (secondary N) is 2. The summed E-state index contributed by atoms with van der Waals surface area (Å²) in [6, 6.07) is 0. The van der Waals surface area contributed by atoms with Gasteiger partial charge in [0.1, 0.15) is 0 Å². The molecule has 1 aromatic rings. The fourth-order valence-electron chi connectivity index (χ4n) is 3.34. The number of aromatic nitrogens is 2. The molecule has 2 N–H and O–H groups in total.